The summed E-state index contributed by atoms with van der Waals surface area (Å²) < 4.78 is 5.96. The maximum atomic E-state index is 12.2. The molecule has 1 spiro atoms. The van der Waals surface area contributed by atoms with E-state index in [1.807, 2.05) is 0 Å². The fourth-order valence-electron chi connectivity index (χ4n) is 3.09. The second-order valence-electron chi connectivity index (χ2n) is 5.88. The van der Waals surface area contributed by atoms with Crippen LogP contribution in [0, 0.1) is 5.92 Å². The van der Waals surface area contributed by atoms with E-state index in [-0.39, 0.29) is 23.0 Å². The van der Waals surface area contributed by atoms with E-state index in [0.717, 1.165) is 25.7 Å². The fraction of sp³-hybridized carbons (Fsp3) is 0.533. The minimum Gasteiger partial charge on any atom is -0.504 e. The molecule has 0 radical (unpaired) electrons. The molecule has 3 rings (SSSR count). The van der Waals surface area contributed by atoms with Crippen LogP contribution < -0.4 is 4.74 Å². The van der Waals surface area contributed by atoms with Gasteiger partial charge in [0.05, 0.1) is 12.0 Å². The van der Waals surface area contributed by atoms with Gasteiger partial charge in [-0.2, -0.15) is 0 Å². The molecule has 19 heavy (non-hydrogen) atoms. The van der Waals surface area contributed by atoms with Crippen molar-refractivity contribution >= 4 is 5.78 Å². The van der Waals surface area contributed by atoms with Crippen LogP contribution in [0.3, 0.4) is 0 Å². The molecule has 1 aliphatic carbocycles. The summed E-state index contributed by atoms with van der Waals surface area (Å²) in [5.41, 5.74) is -0.110. The molecule has 0 amide bonds. The molecular formula is C15H18O4. The minimum atomic E-state index is -0.484. The predicted molar refractivity (Wildman–Crippen MR) is 69.7 cm³/mol. The molecule has 4 nitrogen and oxygen atoms in total. The van der Waals surface area contributed by atoms with Gasteiger partial charge in [0.2, 0.25) is 5.75 Å². The molecule has 1 saturated carbocycles. The van der Waals surface area contributed by atoms with Gasteiger partial charge in [-0.25, -0.2) is 0 Å². The molecule has 102 valence electrons. The summed E-state index contributed by atoms with van der Waals surface area (Å²) in [5, 5.41) is 19.4. The van der Waals surface area contributed by atoms with E-state index in [0.29, 0.717) is 17.9 Å². The van der Waals surface area contributed by atoms with Crippen molar-refractivity contribution in [3.63, 3.8) is 0 Å². The van der Waals surface area contributed by atoms with Crippen LogP contribution in [-0.2, 0) is 0 Å². The topological polar surface area (TPSA) is 66.8 Å². The molecule has 0 saturated heterocycles. The molecule has 1 fully saturated rings. The lowest BCUT2D eigenvalue weighted by molar-refractivity contribution is 0.00189. The molecule has 1 heterocycles. The summed E-state index contributed by atoms with van der Waals surface area (Å²) >= 11 is 0. The highest BCUT2D eigenvalue weighted by molar-refractivity contribution is 6.01. The van der Waals surface area contributed by atoms with Crippen LogP contribution in [0.15, 0.2) is 12.1 Å². The van der Waals surface area contributed by atoms with Crippen molar-refractivity contribution in [3.8, 4) is 17.2 Å². The van der Waals surface area contributed by atoms with Gasteiger partial charge in [0, 0.05) is 0 Å². The maximum absolute atomic E-state index is 12.2. The SMILES string of the molecule is CC1CCC2(CC1)CC(=O)c1ccc(O)c(O)c1O2. The Bertz CT molecular complexity index is 527. The quantitative estimate of drug-likeness (QED) is 0.705. The highest BCUT2D eigenvalue weighted by atomic mass is 16.5. The number of phenolic OH excluding ortho intramolecular Hbond substituents is 2. The highest BCUT2D eigenvalue weighted by Crippen LogP contribution is 2.48. The van der Waals surface area contributed by atoms with Gasteiger partial charge < -0.3 is 14.9 Å². The van der Waals surface area contributed by atoms with Crippen LogP contribution in [0.5, 0.6) is 17.2 Å². The van der Waals surface area contributed by atoms with Crippen molar-refractivity contribution in [3.05, 3.63) is 17.7 Å². The summed E-state index contributed by atoms with van der Waals surface area (Å²) in [5.74, 6) is 0.247. The standard InChI is InChI=1S/C15H18O4/c1-9-4-6-15(7-5-9)8-12(17)10-2-3-11(16)13(18)14(10)19-15/h2-3,9,16,18H,4-8H2,1H3. The van der Waals surface area contributed by atoms with Crippen molar-refractivity contribution in [1.82, 2.24) is 0 Å². The van der Waals surface area contributed by atoms with Gasteiger partial charge in [-0.05, 0) is 43.7 Å². The van der Waals surface area contributed by atoms with E-state index in [9.17, 15) is 15.0 Å². The third-order valence-corrected chi connectivity index (χ3v) is 4.40. The van der Waals surface area contributed by atoms with Crippen LogP contribution in [-0.4, -0.2) is 21.6 Å². The molecule has 0 aromatic heterocycles. The van der Waals surface area contributed by atoms with Crippen molar-refractivity contribution in [2.75, 3.05) is 0 Å². The Morgan fingerprint density at radius 2 is 1.95 bits per heavy atom. The summed E-state index contributed by atoms with van der Waals surface area (Å²) in [4.78, 5) is 12.2. The van der Waals surface area contributed by atoms with Crippen molar-refractivity contribution in [1.29, 1.82) is 0 Å². The van der Waals surface area contributed by atoms with Gasteiger partial charge in [-0.3, -0.25) is 4.79 Å². The van der Waals surface area contributed by atoms with E-state index in [4.69, 9.17) is 4.74 Å². The second-order valence-corrected chi connectivity index (χ2v) is 5.88. The first kappa shape index (κ1) is 12.3. The number of Topliss-reactive ketones (excluding diaryl/α,β-unsaturated/α-hetero) is 1. The summed E-state index contributed by atoms with van der Waals surface area (Å²) in [6.07, 6.45) is 4.09. The van der Waals surface area contributed by atoms with Crippen LogP contribution in [0.1, 0.15) is 49.4 Å². The number of rotatable bonds is 0. The molecule has 2 aliphatic rings. The van der Waals surface area contributed by atoms with Gasteiger partial charge in [-0.15, -0.1) is 0 Å². The molecule has 1 aliphatic heterocycles. The molecule has 1 aromatic carbocycles. The predicted octanol–water partition coefficient (Wildman–Crippen LogP) is 3.01. The number of fused-ring (bicyclic) bond motifs is 1. The average Bonchev–Trinajstić information content (AvgIpc) is 2.38. The minimum absolute atomic E-state index is 0.00824. The molecule has 4 heteroatoms. The van der Waals surface area contributed by atoms with E-state index in [2.05, 4.69) is 6.92 Å². The van der Waals surface area contributed by atoms with Crippen LogP contribution in [0.2, 0.25) is 0 Å². The van der Waals surface area contributed by atoms with Crippen LogP contribution >= 0.6 is 0 Å². The van der Waals surface area contributed by atoms with Crippen molar-refractivity contribution in [2.24, 2.45) is 5.92 Å². The lowest BCUT2D eigenvalue weighted by Gasteiger charge is -2.42. The van der Waals surface area contributed by atoms with Gasteiger partial charge in [0.15, 0.2) is 17.3 Å². The lowest BCUT2D eigenvalue weighted by Crippen LogP contribution is -2.44. The Hall–Kier alpha value is -1.71. The van der Waals surface area contributed by atoms with Gasteiger partial charge in [0.1, 0.15) is 5.60 Å². The summed E-state index contributed by atoms with van der Waals surface area (Å²) in [6, 6.07) is 2.85. The number of ketones is 1. The molecule has 0 unspecified atom stereocenters. The molecule has 0 bridgehead atoms. The monoisotopic (exact) mass is 262 g/mol. The number of phenols is 2. The Morgan fingerprint density at radius 1 is 1.26 bits per heavy atom. The average molecular weight is 262 g/mol. The summed E-state index contributed by atoms with van der Waals surface area (Å²) in [6.45, 7) is 2.20. The zero-order valence-electron chi connectivity index (χ0n) is 11.0. The first-order valence-electron chi connectivity index (χ1n) is 6.78. The Labute approximate surface area is 112 Å². The number of hydrogen-bond donors (Lipinski definition) is 2. The third-order valence-electron chi connectivity index (χ3n) is 4.40. The number of carbonyl (C=O) groups excluding carboxylic acids is 1. The first-order valence-corrected chi connectivity index (χ1v) is 6.78. The van der Waals surface area contributed by atoms with Gasteiger partial charge in [0.25, 0.3) is 0 Å². The number of benzene rings is 1. The van der Waals surface area contributed by atoms with Crippen LogP contribution in [0.25, 0.3) is 0 Å². The first-order chi connectivity index (χ1) is 9.01. The van der Waals surface area contributed by atoms with Crippen LogP contribution in [0.4, 0.5) is 0 Å². The van der Waals surface area contributed by atoms with E-state index in [1.165, 1.54) is 12.1 Å². The maximum Gasteiger partial charge on any atom is 0.201 e. The van der Waals surface area contributed by atoms with Crippen molar-refractivity contribution in [2.45, 2.75) is 44.6 Å². The molecule has 1 aromatic rings. The Morgan fingerprint density at radius 3 is 2.63 bits per heavy atom. The van der Waals surface area contributed by atoms with Gasteiger partial charge in [-0.1, -0.05) is 6.92 Å². The Balaban J connectivity index is 1.99. The lowest BCUT2D eigenvalue weighted by atomic mass is 9.75. The van der Waals surface area contributed by atoms with E-state index in [1.54, 1.807) is 0 Å². The zero-order chi connectivity index (χ0) is 13.6. The molecular weight excluding hydrogens is 244 g/mol. The van der Waals surface area contributed by atoms with E-state index >= 15 is 0 Å². The highest BCUT2D eigenvalue weighted by Gasteiger charge is 2.43. The molecule has 2 N–H and O–H groups in total. The van der Waals surface area contributed by atoms with Crippen molar-refractivity contribution < 1.29 is 19.7 Å². The van der Waals surface area contributed by atoms with E-state index < -0.39 is 5.60 Å². The molecule has 0 atom stereocenters. The third kappa shape index (κ3) is 1.95. The second kappa shape index (κ2) is 4.15. The smallest absolute Gasteiger partial charge is 0.201 e. The number of hydrogen-bond acceptors (Lipinski definition) is 4. The Kier molecular flexibility index (Phi) is 2.69. The number of aromatic hydroxyl groups is 2. The number of ether oxygens (including phenoxy) is 1. The summed E-state index contributed by atoms with van der Waals surface area (Å²) in [7, 11) is 0. The fourth-order valence-corrected chi connectivity index (χ4v) is 3.09. The zero-order valence-corrected chi connectivity index (χ0v) is 11.0. The van der Waals surface area contributed by atoms with Gasteiger partial charge >= 0.3 is 0 Å². The normalized spacial score (nSPS) is 29.9. The number of carbonyl (C=O) groups is 1. The largest absolute Gasteiger partial charge is 0.504 e.